The zero-order valence-electron chi connectivity index (χ0n) is 10.3. The zero-order chi connectivity index (χ0) is 13.8. The fourth-order valence-electron chi connectivity index (χ4n) is 1.58. The van der Waals surface area contributed by atoms with E-state index in [1.54, 1.807) is 24.3 Å². The number of aromatic carboxylic acids is 1. The number of nitrogens with one attached hydrogen (secondary N) is 1. The number of aromatic nitrogens is 1. The molecule has 1 heterocycles. The lowest BCUT2D eigenvalue weighted by Gasteiger charge is -2.07. The molecule has 0 radical (unpaired) electrons. The van der Waals surface area contributed by atoms with Crippen molar-refractivity contribution in [2.75, 3.05) is 5.32 Å². The Morgan fingerprint density at radius 3 is 2.32 bits per heavy atom. The number of anilines is 2. The largest absolute Gasteiger partial charge is 0.478 e. The molecule has 0 aliphatic heterocycles. The van der Waals surface area contributed by atoms with E-state index in [4.69, 9.17) is 5.11 Å². The molecular formula is C14H12N2O3. The van der Waals surface area contributed by atoms with Gasteiger partial charge in [0.1, 0.15) is 0 Å². The molecule has 0 saturated carbocycles. The maximum absolute atomic E-state index is 11.1. The van der Waals surface area contributed by atoms with E-state index in [2.05, 4.69) is 10.3 Å². The van der Waals surface area contributed by atoms with E-state index >= 15 is 0 Å². The molecule has 19 heavy (non-hydrogen) atoms. The number of carboxylic acid groups (broad SMARTS) is 1. The van der Waals surface area contributed by atoms with Crippen LogP contribution in [0.15, 0.2) is 42.7 Å². The molecule has 0 fully saturated rings. The molecule has 1 aromatic carbocycles. The normalized spacial score (nSPS) is 9.95. The van der Waals surface area contributed by atoms with Gasteiger partial charge in [0.2, 0.25) is 0 Å². The van der Waals surface area contributed by atoms with E-state index in [1.165, 1.54) is 25.4 Å². The number of pyridine rings is 1. The van der Waals surface area contributed by atoms with Crippen LogP contribution in [0.2, 0.25) is 0 Å². The van der Waals surface area contributed by atoms with E-state index in [-0.39, 0.29) is 11.3 Å². The van der Waals surface area contributed by atoms with E-state index in [0.717, 1.165) is 5.69 Å². The topological polar surface area (TPSA) is 79.3 Å². The lowest BCUT2D eigenvalue weighted by atomic mass is 10.1. The number of hydrogen-bond donors (Lipinski definition) is 2. The Kier molecular flexibility index (Phi) is 3.56. The van der Waals surface area contributed by atoms with Crippen molar-refractivity contribution in [3.63, 3.8) is 0 Å². The number of Topliss-reactive ketones (excluding diaryl/α,β-unsaturated/α-hetero) is 1. The molecule has 0 aliphatic rings. The summed E-state index contributed by atoms with van der Waals surface area (Å²) in [7, 11) is 0. The lowest BCUT2D eigenvalue weighted by Crippen LogP contribution is -1.99. The van der Waals surface area contributed by atoms with Crippen molar-refractivity contribution in [2.45, 2.75) is 6.92 Å². The molecule has 2 rings (SSSR count). The molecule has 0 amide bonds. The number of carbonyl (C=O) groups is 2. The predicted molar refractivity (Wildman–Crippen MR) is 70.9 cm³/mol. The highest BCUT2D eigenvalue weighted by atomic mass is 16.4. The van der Waals surface area contributed by atoms with Gasteiger partial charge in [0.15, 0.2) is 5.78 Å². The monoisotopic (exact) mass is 256 g/mol. The molecule has 0 atom stereocenters. The third-order valence-electron chi connectivity index (χ3n) is 2.57. The van der Waals surface area contributed by atoms with Crippen molar-refractivity contribution in [3.8, 4) is 0 Å². The molecule has 1 aromatic heterocycles. The minimum Gasteiger partial charge on any atom is -0.478 e. The second kappa shape index (κ2) is 5.30. The lowest BCUT2D eigenvalue weighted by molar-refractivity contribution is 0.0696. The highest BCUT2D eigenvalue weighted by molar-refractivity contribution is 5.94. The smallest absolute Gasteiger partial charge is 0.337 e. The SMILES string of the molecule is CC(=O)c1ccc(Nc2cncc(C(=O)O)c2)cc1. The first-order valence-corrected chi connectivity index (χ1v) is 5.62. The molecule has 0 bridgehead atoms. The van der Waals surface area contributed by atoms with E-state index in [9.17, 15) is 9.59 Å². The molecule has 5 heteroatoms. The van der Waals surface area contributed by atoms with Crippen molar-refractivity contribution in [3.05, 3.63) is 53.9 Å². The number of benzene rings is 1. The third kappa shape index (κ3) is 3.16. The first-order valence-electron chi connectivity index (χ1n) is 5.62. The average molecular weight is 256 g/mol. The summed E-state index contributed by atoms with van der Waals surface area (Å²) in [6, 6.07) is 8.42. The molecular weight excluding hydrogens is 244 g/mol. The highest BCUT2D eigenvalue weighted by Gasteiger charge is 2.04. The maximum atomic E-state index is 11.1. The summed E-state index contributed by atoms with van der Waals surface area (Å²) in [5.41, 5.74) is 2.08. The Bertz CT molecular complexity index is 621. The fourth-order valence-corrected chi connectivity index (χ4v) is 1.58. The third-order valence-corrected chi connectivity index (χ3v) is 2.57. The van der Waals surface area contributed by atoms with Crippen LogP contribution >= 0.6 is 0 Å². The first kappa shape index (κ1) is 12.8. The van der Waals surface area contributed by atoms with Crippen molar-refractivity contribution in [1.82, 2.24) is 4.98 Å². The minimum atomic E-state index is -1.02. The number of carboxylic acids is 1. The van der Waals surface area contributed by atoms with E-state index < -0.39 is 5.97 Å². The number of ketones is 1. The highest BCUT2D eigenvalue weighted by Crippen LogP contribution is 2.17. The molecule has 2 aromatic rings. The van der Waals surface area contributed by atoms with Crippen LogP contribution in [-0.4, -0.2) is 21.8 Å². The van der Waals surface area contributed by atoms with Crippen molar-refractivity contribution >= 4 is 23.1 Å². The Morgan fingerprint density at radius 2 is 1.74 bits per heavy atom. The van der Waals surface area contributed by atoms with Crippen LogP contribution in [0.4, 0.5) is 11.4 Å². The number of hydrogen-bond acceptors (Lipinski definition) is 4. The second-order valence-electron chi connectivity index (χ2n) is 4.03. The van der Waals surface area contributed by atoms with Gasteiger partial charge in [-0.1, -0.05) is 0 Å². The maximum Gasteiger partial charge on any atom is 0.337 e. The van der Waals surface area contributed by atoms with Gasteiger partial charge < -0.3 is 10.4 Å². The minimum absolute atomic E-state index is 0.00101. The molecule has 5 nitrogen and oxygen atoms in total. The van der Waals surface area contributed by atoms with Crippen molar-refractivity contribution in [1.29, 1.82) is 0 Å². The summed E-state index contributed by atoms with van der Waals surface area (Å²) < 4.78 is 0. The number of rotatable bonds is 4. The quantitative estimate of drug-likeness (QED) is 0.822. The zero-order valence-corrected chi connectivity index (χ0v) is 10.3. The predicted octanol–water partition coefficient (Wildman–Crippen LogP) is 2.73. The molecule has 0 aliphatic carbocycles. The summed E-state index contributed by atoms with van der Waals surface area (Å²) in [4.78, 5) is 25.8. The second-order valence-corrected chi connectivity index (χ2v) is 4.03. The average Bonchev–Trinajstić information content (AvgIpc) is 2.39. The summed E-state index contributed by atoms with van der Waals surface area (Å²) in [5, 5.41) is 11.9. The summed E-state index contributed by atoms with van der Waals surface area (Å²) in [6.07, 6.45) is 2.82. The van der Waals surface area contributed by atoms with Crippen molar-refractivity contribution < 1.29 is 14.7 Å². The van der Waals surface area contributed by atoms with Crippen LogP contribution in [-0.2, 0) is 0 Å². The molecule has 2 N–H and O–H groups in total. The van der Waals surface area contributed by atoms with Crippen LogP contribution < -0.4 is 5.32 Å². The Hall–Kier alpha value is -2.69. The van der Waals surface area contributed by atoms with Gasteiger partial charge in [-0.05, 0) is 37.3 Å². The summed E-state index contributed by atoms with van der Waals surface area (Å²) in [5.74, 6) is -1.02. The fraction of sp³-hybridized carbons (Fsp3) is 0.0714. The van der Waals surface area contributed by atoms with Crippen molar-refractivity contribution in [2.24, 2.45) is 0 Å². The van der Waals surface area contributed by atoms with Crippen LogP contribution in [0.25, 0.3) is 0 Å². The van der Waals surface area contributed by atoms with Gasteiger partial charge in [-0.3, -0.25) is 9.78 Å². The van der Waals surface area contributed by atoms with Gasteiger partial charge in [0.05, 0.1) is 17.4 Å². The molecule has 0 unspecified atom stereocenters. The first-order chi connectivity index (χ1) is 9.06. The Labute approximate surface area is 109 Å². The summed E-state index contributed by atoms with van der Waals surface area (Å²) in [6.45, 7) is 1.50. The van der Waals surface area contributed by atoms with Crippen LogP contribution in [0.3, 0.4) is 0 Å². The molecule has 0 spiro atoms. The summed E-state index contributed by atoms with van der Waals surface area (Å²) >= 11 is 0. The van der Waals surface area contributed by atoms with Gasteiger partial charge in [-0.25, -0.2) is 4.79 Å². The number of carbonyl (C=O) groups excluding carboxylic acids is 1. The Morgan fingerprint density at radius 1 is 1.05 bits per heavy atom. The van der Waals surface area contributed by atoms with Crippen LogP contribution in [0, 0.1) is 0 Å². The molecule has 96 valence electrons. The van der Waals surface area contributed by atoms with Gasteiger partial charge in [0.25, 0.3) is 0 Å². The van der Waals surface area contributed by atoms with Gasteiger partial charge >= 0.3 is 5.97 Å². The van der Waals surface area contributed by atoms with Gasteiger partial charge in [-0.2, -0.15) is 0 Å². The Balaban J connectivity index is 2.19. The van der Waals surface area contributed by atoms with E-state index in [0.29, 0.717) is 11.3 Å². The number of nitrogens with zero attached hydrogens (tertiary/aromatic N) is 1. The van der Waals surface area contributed by atoms with Crippen LogP contribution in [0.5, 0.6) is 0 Å². The van der Waals surface area contributed by atoms with Gasteiger partial charge in [0, 0.05) is 17.4 Å². The van der Waals surface area contributed by atoms with Gasteiger partial charge in [-0.15, -0.1) is 0 Å². The van der Waals surface area contributed by atoms with E-state index in [1.807, 2.05) is 0 Å². The standard InChI is InChI=1S/C14H12N2O3/c1-9(17)10-2-4-12(5-3-10)16-13-6-11(14(18)19)7-15-8-13/h2-8,16H,1H3,(H,18,19). The van der Waals surface area contributed by atoms with Crippen LogP contribution in [0.1, 0.15) is 27.6 Å². The molecule has 0 saturated heterocycles.